The van der Waals surface area contributed by atoms with Gasteiger partial charge in [0.25, 0.3) is 0 Å². The summed E-state index contributed by atoms with van der Waals surface area (Å²) in [5.41, 5.74) is 5.45. The molecular formula is C12H24N2O3. The van der Waals surface area contributed by atoms with Gasteiger partial charge < -0.3 is 16.2 Å². The fraction of sp³-hybridized carbons (Fsp3) is 0.833. The molecule has 1 amide bonds. The molecule has 0 radical (unpaired) electrons. The molecule has 0 aromatic heterocycles. The highest BCUT2D eigenvalue weighted by Crippen LogP contribution is 2.05. The Bertz CT molecular complexity index is 244. The van der Waals surface area contributed by atoms with E-state index in [0.29, 0.717) is 31.7 Å². The highest BCUT2D eigenvalue weighted by molar-refractivity contribution is 5.83. The van der Waals surface area contributed by atoms with Crippen molar-refractivity contribution in [3.63, 3.8) is 0 Å². The molecule has 0 rings (SSSR count). The maximum absolute atomic E-state index is 11.5. The average molecular weight is 244 g/mol. The topological polar surface area (TPSA) is 92.4 Å². The molecule has 5 heteroatoms. The van der Waals surface area contributed by atoms with Gasteiger partial charge >= 0.3 is 5.97 Å². The van der Waals surface area contributed by atoms with Gasteiger partial charge in [0.15, 0.2) is 0 Å². The number of rotatable bonds is 9. The summed E-state index contributed by atoms with van der Waals surface area (Å²) >= 11 is 0. The minimum absolute atomic E-state index is 0.200. The van der Waals surface area contributed by atoms with Crippen LogP contribution in [-0.2, 0) is 9.59 Å². The molecule has 0 heterocycles. The molecule has 2 atom stereocenters. The summed E-state index contributed by atoms with van der Waals surface area (Å²) in [6, 6.07) is -0.754. The van der Waals surface area contributed by atoms with Crippen molar-refractivity contribution in [1.29, 1.82) is 0 Å². The second-order valence-electron chi connectivity index (χ2n) is 4.48. The normalized spacial score (nSPS) is 14.1. The third-order valence-corrected chi connectivity index (χ3v) is 2.75. The van der Waals surface area contributed by atoms with Crippen molar-refractivity contribution in [3.05, 3.63) is 0 Å². The van der Waals surface area contributed by atoms with E-state index in [1.807, 2.05) is 13.8 Å². The van der Waals surface area contributed by atoms with Crippen LogP contribution in [0.25, 0.3) is 0 Å². The fourth-order valence-electron chi connectivity index (χ4n) is 1.43. The fourth-order valence-corrected chi connectivity index (χ4v) is 1.43. The van der Waals surface area contributed by atoms with Crippen LogP contribution < -0.4 is 11.1 Å². The van der Waals surface area contributed by atoms with Crippen LogP contribution in [-0.4, -0.2) is 29.6 Å². The van der Waals surface area contributed by atoms with E-state index in [4.69, 9.17) is 10.8 Å². The Labute approximate surface area is 103 Å². The van der Waals surface area contributed by atoms with E-state index in [-0.39, 0.29) is 5.91 Å². The van der Waals surface area contributed by atoms with Crippen LogP contribution in [0.2, 0.25) is 0 Å². The molecule has 0 saturated carbocycles. The first kappa shape index (κ1) is 15.9. The van der Waals surface area contributed by atoms with Crippen molar-refractivity contribution in [2.24, 2.45) is 11.7 Å². The van der Waals surface area contributed by atoms with Crippen molar-refractivity contribution in [1.82, 2.24) is 5.32 Å². The van der Waals surface area contributed by atoms with Crippen LogP contribution in [0.5, 0.6) is 0 Å². The van der Waals surface area contributed by atoms with E-state index in [9.17, 15) is 9.59 Å². The van der Waals surface area contributed by atoms with Crippen LogP contribution in [0.3, 0.4) is 0 Å². The van der Waals surface area contributed by atoms with Gasteiger partial charge in [-0.2, -0.15) is 0 Å². The predicted octanol–water partition coefficient (Wildman–Crippen LogP) is 1.12. The molecule has 0 aliphatic carbocycles. The monoisotopic (exact) mass is 244 g/mol. The van der Waals surface area contributed by atoms with Crippen LogP contribution in [0.1, 0.15) is 46.0 Å². The molecule has 0 fully saturated rings. The summed E-state index contributed by atoms with van der Waals surface area (Å²) in [6.45, 7) is 4.51. The lowest BCUT2D eigenvalue weighted by Crippen LogP contribution is -2.40. The first-order chi connectivity index (χ1) is 8.01. The zero-order valence-electron chi connectivity index (χ0n) is 10.7. The SMILES string of the molecule is CCCC[C@H](NC(=O)CCC(C)CN)C(=O)O. The largest absolute Gasteiger partial charge is 0.480 e. The molecule has 0 aromatic carbocycles. The Morgan fingerprint density at radius 3 is 2.47 bits per heavy atom. The molecule has 0 aliphatic rings. The number of aliphatic carboxylic acids is 1. The van der Waals surface area contributed by atoms with Crippen LogP contribution >= 0.6 is 0 Å². The average Bonchev–Trinajstić information content (AvgIpc) is 2.30. The van der Waals surface area contributed by atoms with Gasteiger partial charge in [0.1, 0.15) is 6.04 Å². The van der Waals surface area contributed by atoms with Gasteiger partial charge in [-0.3, -0.25) is 4.79 Å². The van der Waals surface area contributed by atoms with Crippen molar-refractivity contribution >= 4 is 11.9 Å². The lowest BCUT2D eigenvalue weighted by molar-refractivity contribution is -0.142. The van der Waals surface area contributed by atoms with Gasteiger partial charge in [0.2, 0.25) is 5.91 Å². The molecule has 4 N–H and O–H groups in total. The number of nitrogens with one attached hydrogen (secondary N) is 1. The maximum Gasteiger partial charge on any atom is 0.326 e. The summed E-state index contributed by atoms with van der Waals surface area (Å²) in [5.74, 6) is -0.868. The van der Waals surface area contributed by atoms with Crippen LogP contribution in [0.15, 0.2) is 0 Å². The molecule has 0 saturated heterocycles. The minimum Gasteiger partial charge on any atom is -0.480 e. The summed E-state index contributed by atoms with van der Waals surface area (Å²) in [6.07, 6.45) is 3.25. The standard InChI is InChI=1S/C12H24N2O3/c1-3-4-5-10(12(16)17)14-11(15)7-6-9(2)8-13/h9-10H,3-8,13H2,1-2H3,(H,14,15)(H,16,17)/t9?,10-/m0/s1. The number of unbranched alkanes of at least 4 members (excludes halogenated alkanes) is 1. The zero-order chi connectivity index (χ0) is 13.3. The lowest BCUT2D eigenvalue weighted by Gasteiger charge is -2.15. The Balaban J connectivity index is 3.99. The molecule has 0 aliphatic heterocycles. The van der Waals surface area contributed by atoms with E-state index in [0.717, 1.165) is 12.8 Å². The summed E-state index contributed by atoms with van der Waals surface area (Å²) in [5, 5.41) is 11.5. The van der Waals surface area contributed by atoms with Gasteiger partial charge in [-0.25, -0.2) is 4.79 Å². The van der Waals surface area contributed by atoms with Crippen LogP contribution in [0.4, 0.5) is 0 Å². The highest BCUT2D eigenvalue weighted by Gasteiger charge is 2.19. The van der Waals surface area contributed by atoms with Crippen molar-refractivity contribution < 1.29 is 14.7 Å². The summed E-state index contributed by atoms with van der Waals surface area (Å²) < 4.78 is 0. The second-order valence-corrected chi connectivity index (χ2v) is 4.48. The minimum atomic E-state index is -0.960. The van der Waals surface area contributed by atoms with Gasteiger partial charge in [-0.05, 0) is 25.3 Å². The van der Waals surface area contributed by atoms with Crippen molar-refractivity contribution in [3.8, 4) is 0 Å². The number of nitrogens with two attached hydrogens (primary N) is 1. The van der Waals surface area contributed by atoms with E-state index in [2.05, 4.69) is 5.32 Å². The third-order valence-electron chi connectivity index (χ3n) is 2.75. The van der Waals surface area contributed by atoms with Gasteiger partial charge in [0.05, 0.1) is 0 Å². The number of hydrogen-bond acceptors (Lipinski definition) is 3. The summed E-state index contributed by atoms with van der Waals surface area (Å²) in [7, 11) is 0. The van der Waals surface area contributed by atoms with Crippen molar-refractivity contribution in [2.45, 2.75) is 52.0 Å². The lowest BCUT2D eigenvalue weighted by atomic mass is 10.1. The molecule has 5 nitrogen and oxygen atoms in total. The second kappa shape index (κ2) is 8.98. The first-order valence-electron chi connectivity index (χ1n) is 6.23. The van der Waals surface area contributed by atoms with E-state index < -0.39 is 12.0 Å². The third kappa shape index (κ3) is 7.74. The van der Waals surface area contributed by atoms with Gasteiger partial charge in [0, 0.05) is 6.42 Å². The molecule has 17 heavy (non-hydrogen) atoms. The molecule has 0 aromatic rings. The molecular weight excluding hydrogens is 220 g/mol. The van der Waals surface area contributed by atoms with E-state index in [1.165, 1.54) is 0 Å². The number of amides is 1. The van der Waals surface area contributed by atoms with Crippen LogP contribution in [0, 0.1) is 5.92 Å². The number of carboxylic acid groups (broad SMARTS) is 1. The Kier molecular flexibility index (Phi) is 8.40. The highest BCUT2D eigenvalue weighted by atomic mass is 16.4. The Hall–Kier alpha value is -1.10. The smallest absolute Gasteiger partial charge is 0.326 e. The van der Waals surface area contributed by atoms with E-state index >= 15 is 0 Å². The number of hydrogen-bond donors (Lipinski definition) is 3. The zero-order valence-corrected chi connectivity index (χ0v) is 10.7. The number of carbonyl (C=O) groups is 2. The predicted molar refractivity (Wildman–Crippen MR) is 66.5 cm³/mol. The van der Waals surface area contributed by atoms with Crippen molar-refractivity contribution in [2.75, 3.05) is 6.54 Å². The Morgan fingerprint density at radius 2 is 2.00 bits per heavy atom. The number of carboxylic acids is 1. The first-order valence-corrected chi connectivity index (χ1v) is 6.23. The molecule has 0 spiro atoms. The summed E-state index contributed by atoms with van der Waals surface area (Å²) in [4.78, 5) is 22.4. The van der Waals surface area contributed by atoms with E-state index in [1.54, 1.807) is 0 Å². The maximum atomic E-state index is 11.5. The molecule has 0 bridgehead atoms. The van der Waals surface area contributed by atoms with Gasteiger partial charge in [-0.15, -0.1) is 0 Å². The Morgan fingerprint density at radius 1 is 1.35 bits per heavy atom. The quantitative estimate of drug-likeness (QED) is 0.566. The number of carbonyl (C=O) groups excluding carboxylic acids is 1. The molecule has 100 valence electrons. The molecule has 1 unspecified atom stereocenters. The van der Waals surface area contributed by atoms with Gasteiger partial charge in [-0.1, -0.05) is 26.7 Å².